The number of aromatic nitrogens is 3. The van der Waals surface area contributed by atoms with Crippen LogP contribution in [0.4, 0.5) is 9.52 Å². The number of rotatable bonds is 6. The van der Waals surface area contributed by atoms with Crippen molar-refractivity contribution in [2.75, 3.05) is 32.1 Å². The van der Waals surface area contributed by atoms with Crippen molar-refractivity contribution in [3.8, 4) is 0 Å². The summed E-state index contributed by atoms with van der Waals surface area (Å²) < 4.78 is 15.9. The summed E-state index contributed by atoms with van der Waals surface area (Å²) in [6.45, 7) is 3.83. The van der Waals surface area contributed by atoms with Crippen molar-refractivity contribution < 1.29 is 9.18 Å². The average molecular weight is 361 g/mol. The van der Waals surface area contributed by atoms with Gasteiger partial charge in [0.25, 0.3) is 5.91 Å². The summed E-state index contributed by atoms with van der Waals surface area (Å²) >= 11 is 1.31. The van der Waals surface area contributed by atoms with Crippen LogP contribution in [0.3, 0.4) is 0 Å². The Kier molecular flexibility index (Phi) is 5.10. The molecule has 25 heavy (non-hydrogen) atoms. The lowest BCUT2D eigenvalue weighted by Crippen LogP contribution is -2.37. The number of hydrogen-bond acceptors (Lipinski definition) is 5. The molecule has 0 bridgehead atoms. The second-order valence-electron chi connectivity index (χ2n) is 5.93. The van der Waals surface area contributed by atoms with E-state index in [0.717, 1.165) is 4.70 Å². The second-order valence-corrected chi connectivity index (χ2v) is 6.93. The SMILES string of the molecule is CCn1ccc(C(=O)N(CCN(C)C)c2nc3ccc(F)cc3s2)n1. The third-order valence-corrected chi connectivity index (χ3v) is 4.81. The van der Waals surface area contributed by atoms with Crippen molar-refractivity contribution in [2.24, 2.45) is 0 Å². The van der Waals surface area contributed by atoms with Gasteiger partial charge in [-0.05, 0) is 45.3 Å². The van der Waals surface area contributed by atoms with Gasteiger partial charge in [-0.1, -0.05) is 11.3 Å². The number of nitrogens with zero attached hydrogens (tertiary/aromatic N) is 5. The smallest absolute Gasteiger partial charge is 0.280 e. The number of anilines is 1. The molecule has 0 N–H and O–H groups in total. The number of carbonyl (C=O) groups excluding carboxylic acids is 1. The molecule has 6 nitrogen and oxygen atoms in total. The van der Waals surface area contributed by atoms with Crippen molar-refractivity contribution in [1.29, 1.82) is 0 Å². The average Bonchev–Trinajstić information content (AvgIpc) is 3.20. The molecule has 0 saturated heterocycles. The van der Waals surface area contributed by atoms with E-state index in [1.807, 2.05) is 25.9 Å². The summed E-state index contributed by atoms with van der Waals surface area (Å²) in [6.07, 6.45) is 1.78. The van der Waals surface area contributed by atoms with E-state index >= 15 is 0 Å². The van der Waals surface area contributed by atoms with E-state index in [9.17, 15) is 9.18 Å². The molecule has 0 aliphatic heterocycles. The van der Waals surface area contributed by atoms with E-state index in [1.54, 1.807) is 27.9 Å². The van der Waals surface area contributed by atoms with E-state index < -0.39 is 0 Å². The molecule has 132 valence electrons. The predicted octanol–water partition coefficient (Wildman–Crippen LogP) is 2.86. The molecule has 0 fully saturated rings. The molecule has 2 aromatic heterocycles. The molecule has 0 spiro atoms. The van der Waals surface area contributed by atoms with Crippen LogP contribution in [0.15, 0.2) is 30.5 Å². The van der Waals surface area contributed by atoms with E-state index in [4.69, 9.17) is 0 Å². The Morgan fingerprint density at radius 1 is 1.28 bits per heavy atom. The number of aryl methyl sites for hydroxylation is 1. The Labute approximate surface area is 149 Å². The van der Waals surface area contributed by atoms with Gasteiger partial charge >= 0.3 is 0 Å². The summed E-state index contributed by atoms with van der Waals surface area (Å²) in [5, 5.41) is 4.85. The van der Waals surface area contributed by atoms with Crippen molar-refractivity contribution >= 4 is 32.6 Å². The third-order valence-electron chi connectivity index (χ3n) is 3.77. The molecule has 0 radical (unpaired) electrons. The highest BCUT2D eigenvalue weighted by Crippen LogP contribution is 2.30. The molecular formula is C17H20FN5OS. The number of likely N-dealkylation sites (N-methyl/N-ethyl adjacent to an activating group) is 1. The van der Waals surface area contributed by atoms with Gasteiger partial charge in [0.15, 0.2) is 10.8 Å². The van der Waals surface area contributed by atoms with Crippen LogP contribution in [0.5, 0.6) is 0 Å². The number of thiazole rings is 1. The molecule has 1 aromatic carbocycles. The lowest BCUT2D eigenvalue weighted by Gasteiger charge is -2.21. The zero-order valence-corrected chi connectivity index (χ0v) is 15.3. The maximum absolute atomic E-state index is 13.4. The number of hydrogen-bond donors (Lipinski definition) is 0. The highest BCUT2D eigenvalue weighted by atomic mass is 32.1. The largest absolute Gasteiger partial charge is 0.308 e. The highest BCUT2D eigenvalue weighted by molar-refractivity contribution is 7.22. The predicted molar refractivity (Wildman–Crippen MR) is 97.7 cm³/mol. The fourth-order valence-electron chi connectivity index (χ4n) is 2.38. The van der Waals surface area contributed by atoms with Gasteiger partial charge in [-0.2, -0.15) is 5.10 Å². The monoisotopic (exact) mass is 361 g/mol. The topological polar surface area (TPSA) is 54.3 Å². The summed E-state index contributed by atoms with van der Waals surface area (Å²) in [4.78, 5) is 21.1. The van der Waals surface area contributed by atoms with Gasteiger partial charge in [0, 0.05) is 25.8 Å². The van der Waals surface area contributed by atoms with Gasteiger partial charge in [-0.3, -0.25) is 14.4 Å². The summed E-state index contributed by atoms with van der Waals surface area (Å²) in [5.41, 5.74) is 1.06. The minimum absolute atomic E-state index is 0.200. The van der Waals surface area contributed by atoms with Crippen LogP contribution in [-0.2, 0) is 6.54 Å². The van der Waals surface area contributed by atoms with Crippen LogP contribution in [0.2, 0.25) is 0 Å². The van der Waals surface area contributed by atoms with Crippen molar-refractivity contribution in [3.05, 3.63) is 42.0 Å². The number of amides is 1. The van der Waals surface area contributed by atoms with Crippen LogP contribution in [0.1, 0.15) is 17.4 Å². The van der Waals surface area contributed by atoms with Crippen molar-refractivity contribution in [1.82, 2.24) is 19.7 Å². The number of benzene rings is 1. The first-order valence-corrected chi connectivity index (χ1v) is 8.85. The van der Waals surface area contributed by atoms with Gasteiger partial charge in [0.1, 0.15) is 5.82 Å². The number of carbonyl (C=O) groups is 1. The van der Waals surface area contributed by atoms with E-state index in [2.05, 4.69) is 10.1 Å². The molecule has 2 heterocycles. The van der Waals surface area contributed by atoms with Gasteiger partial charge in [-0.15, -0.1) is 0 Å². The normalized spacial score (nSPS) is 11.4. The maximum atomic E-state index is 13.4. The Hall–Kier alpha value is -2.32. The fraction of sp³-hybridized carbons (Fsp3) is 0.353. The van der Waals surface area contributed by atoms with Crippen LogP contribution >= 0.6 is 11.3 Å². The molecule has 1 amide bonds. The first kappa shape index (κ1) is 17.5. The van der Waals surface area contributed by atoms with Gasteiger partial charge < -0.3 is 4.90 Å². The Balaban J connectivity index is 1.95. The van der Waals surface area contributed by atoms with Gasteiger partial charge in [-0.25, -0.2) is 9.37 Å². The zero-order chi connectivity index (χ0) is 18.0. The molecule has 8 heteroatoms. The van der Waals surface area contributed by atoms with Gasteiger partial charge in [0.05, 0.1) is 10.2 Å². The summed E-state index contributed by atoms with van der Waals surface area (Å²) in [5.74, 6) is -0.510. The maximum Gasteiger partial charge on any atom is 0.280 e. The van der Waals surface area contributed by atoms with Crippen LogP contribution in [0, 0.1) is 5.82 Å². The molecule has 0 atom stereocenters. The standard InChI is InChI=1S/C17H20FN5OS/c1-4-22-8-7-14(20-22)16(24)23(10-9-21(2)3)17-19-13-6-5-12(18)11-15(13)25-17/h5-8,11H,4,9-10H2,1-3H3. The molecule has 0 unspecified atom stereocenters. The highest BCUT2D eigenvalue weighted by Gasteiger charge is 2.23. The molecule has 3 rings (SSSR count). The first-order valence-electron chi connectivity index (χ1n) is 8.04. The molecule has 3 aromatic rings. The van der Waals surface area contributed by atoms with E-state index in [1.165, 1.54) is 23.5 Å². The first-order chi connectivity index (χ1) is 12.0. The quantitative estimate of drug-likeness (QED) is 0.677. The number of fused-ring (bicyclic) bond motifs is 1. The van der Waals surface area contributed by atoms with Crippen LogP contribution in [-0.4, -0.2) is 52.8 Å². The van der Waals surface area contributed by atoms with Crippen molar-refractivity contribution in [2.45, 2.75) is 13.5 Å². The summed E-state index contributed by atoms with van der Waals surface area (Å²) in [6, 6.07) is 6.16. The summed E-state index contributed by atoms with van der Waals surface area (Å²) in [7, 11) is 3.89. The zero-order valence-electron chi connectivity index (χ0n) is 14.4. The van der Waals surface area contributed by atoms with Crippen LogP contribution in [0.25, 0.3) is 10.2 Å². The van der Waals surface area contributed by atoms with Crippen LogP contribution < -0.4 is 4.90 Å². The number of halogens is 1. The molecular weight excluding hydrogens is 341 g/mol. The molecule has 0 saturated carbocycles. The Morgan fingerprint density at radius 2 is 2.08 bits per heavy atom. The molecule has 0 aliphatic carbocycles. The minimum Gasteiger partial charge on any atom is -0.308 e. The third kappa shape index (κ3) is 3.85. The Morgan fingerprint density at radius 3 is 2.76 bits per heavy atom. The minimum atomic E-state index is -0.310. The van der Waals surface area contributed by atoms with Gasteiger partial charge in [0.2, 0.25) is 0 Å². The lowest BCUT2D eigenvalue weighted by molar-refractivity contribution is 0.0979. The van der Waals surface area contributed by atoms with E-state index in [-0.39, 0.29) is 11.7 Å². The Bertz CT molecular complexity index is 888. The second kappa shape index (κ2) is 7.28. The fourth-order valence-corrected chi connectivity index (χ4v) is 3.39. The van der Waals surface area contributed by atoms with E-state index in [0.29, 0.717) is 36.0 Å². The lowest BCUT2D eigenvalue weighted by atomic mass is 10.3. The molecule has 0 aliphatic rings. The van der Waals surface area contributed by atoms with Crippen molar-refractivity contribution in [3.63, 3.8) is 0 Å².